The molecule has 1 atom stereocenters. The van der Waals surface area contributed by atoms with Gasteiger partial charge in [0.15, 0.2) is 0 Å². The smallest absolute Gasteiger partial charge is 0.325 e. The second kappa shape index (κ2) is 8.20. The molecule has 0 aliphatic carbocycles. The van der Waals surface area contributed by atoms with E-state index in [-0.39, 0.29) is 23.1 Å². The van der Waals surface area contributed by atoms with E-state index in [0.29, 0.717) is 27.7 Å². The van der Waals surface area contributed by atoms with Crippen LogP contribution in [-0.2, 0) is 16.0 Å². The number of rotatable bonds is 5. The Balaban J connectivity index is 2.12. The van der Waals surface area contributed by atoms with Gasteiger partial charge in [0.2, 0.25) is 5.91 Å². The number of phenols is 1. The van der Waals surface area contributed by atoms with Gasteiger partial charge in [-0.3, -0.25) is 19.0 Å². The van der Waals surface area contributed by atoms with Crippen molar-refractivity contribution in [2.24, 2.45) is 0 Å². The Labute approximate surface area is 177 Å². The molecule has 0 fully saturated rings. The third kappa shape index (κ3) is 4.02. The SMILES string of the molecule is Cc1ccc(C(=O)n2c(C)c(CC(=O)NC(C)C(=O)O)c3cc(O)c(Cl)cc32)cc1. The number of benzene rings is 2. The normalized spacial score (nSPS) is 12.0. The maximum atomic E-state index is 13.2. The number of carbonyl (C=O) groups is 3. The van der Waals surface area contributed by atoms with Crippen molar-refractivity contribution in [3.63, 3.8) is 0 Å². The second-order valence-corrected chi connectivity index (χ2v) is 7.60. The number of aryl methyl sites for hydroxylation is 1. The molecule has 30 heavy (non-hydrogen) atoms. The predicted molar refractivity (Wildman–Crippen MR) is 113 cm³/mol. The van der Waals surface area contributed by atoms with Crippen molar-refractivity contribution in [2.75, 3.05) is 0 Å². The van der Waals surface area contributed by atoms with Gasteiger partial charge in [-0.25, -0.2) is 0 Å². The first-order valence-corrected chi connectivity index (χ1v) is 9.64. The Morgan fingerprint density at radius 3 is 2.37 bits per heavy atom. The van der Waals surface area contributed by atoms with Gasteiger partial charge in [-0.05, 0) is 50.6 Å². The standard InChI is InChI=1S/C22H21ClN2O5/c1-11-4-6-14(7-5-11)21(28)25-13(3)15(9-20(27)24-12(2)22(29)30)16-8-19(26)17(23)10-18(16)25/h4-8,10,12,26H,9H2,1-3H3,(H,24,27)(H,29,30). The molecular weight excluding hydrogens is 408 g/mol. The molecule has 0 spiro atoms. The van der Waals surface area contributed by atoms with Crippen LogP contribution in [0.3, 0.4) is 0 Å². The molecular formula is C22H21ClN2O5. The number of phenolic OH excluding ortho intramolecular Hbond substituents is 1. The van der Waals surface area contributed by atoms with E-state index in [0.717, 1.165) is 5.56 Å². The molecule has 1 unspecified atom stereocenters. The van der Waals surface area contributed by atoms with Crippen molar-refractivity contribution in [3.8, 4) is 5.75 Å². The van der Waals surface area contributed by atoms with Crippen molar-refractivity contribution in [3.05, 3.63) is 63.8 Å². The number of halogens is 1. The number of hydrogen-bond acceptors (Lipinski definition) is 4. The van der Waals surface area contributed by atoms with E-state index < -0.39 is 17.9 Å². The van der Waals surface area contributed by atoms with Crippen LogP contribution in [0.25, 0.3) is 10.9 Å². The van der Waals surface area contributed by atoms with Gasteiger partial charge in [0.1, 0.15) is 11.8 Å². The summed E-state index contributed by atoms with van der Waals surface area (Å²) in [7, 11) is 0. The lowest BCUT2D eigenvalue weighted by molar-refractivity contribution is -0.141. The lowest BCUT2D eigenvalue weighted by Crippen LogP contribution is -2.39. The fourth-order valence-corrected chi connectivity index (χ4v) is 3.47. The molecule has 2 aromatic carbocycles. The molecule has 7 nitrogen and oxygen atoms in total. The molecule has 0 bridgehead atoms. The maximum Gasteiger partial charge on any atom is 0.325 e. The largest absolute Gasteiger partial charge is 0.506 e. The van der Waals surface area contributed by atoms with E-state index in [2.05, 4.69) is 5.32 Å². The summed E-state index contributed by atoms with van der Waals surface area (Å²) in [6.07, 6.45) is -0.158. The Hall–Kier alpha value is -3.32. The van der Waals surface area contributed by atoms with Crippen LogP contribution in [-0.4, -0.2) is 38.6 Å². The zero-order valence-corrected chi connectivity index (χ0v) is 17.4. The monoisotopic (exact) mass is 428 g/mol. The average molecular weight is 429 g/mol. The van der Waals surface area contributed by atoms with Crippen LogP contribution in [0.4, 0.5) is 0 Å². The Morgan fingerprint density at radius 2 is 1.77 bits per heavy atom. The summed E-state index contributed by atoms with van der Waals surface area (Å²) in [5, 5.41) is 22.0. The quantitative estimate of drug-likeness (QED) is 0.576. The van der Waals surface area contributed by atoms with Gasteiger partial charge in [-0.2, -0.15) is 0 Å². The van der Waals surface area contributed by atoms with Gasteiger partial charge in [-0.15, -0.1) is 0 Å². The number of aromatic nitrogens is 1. The Kier molecular flexibility index (Phi) is 5.85. The number of hydrogen-bond donors (Lipinski definition) is 3. The third-order valence-corrected chi connectivity index (χ3v) is 5.29. The molecule has 0 saturated heterocycles. The first-order valence-electron chi connectivity index (χ1n) is 9.26. The van der Waals surface area contributed by atoms with Crippen LogP contribution in [0.15, 0.2) is 36.4 Å². The third-order valence-electron chi connectivity index (χ3n) is 4.99. The van der Waals surface area contributed by atoms with Crippen molar-refractivity contribution in [1.82, 2.24) is 9.88 Å². The van der Waals surface area contributed by atoms with E-state index in [4.69, 9.17) is 16.7 Å². The molecule has 156 valence electrons. The highest BCUT2D eigenvalue weighted by molar-refractivity contribution is 6.33. The predicted octanol–water partition coefficient (Wildman–Crippen LogP) is 3.44. The Morgan fingerprint density at radius 1 is 1.13 bits per heavy atom. The fraction of sp³-hybridized carbons (Fsp3) is 0.227. The van der Waals surface area contributed by atoms with Crippen LogP contribution < -0.4 is 5.32 Å². The summed E-state index contributed by atoms with van der Waals surface area (Å²) in [6, 6.07) is 8.92. The van der Waals surface area contributed by atoms with E-state index in [1.165, 1.54) is 23.6 Å². The number of nitrogens with one attached hydrogen (secondary N) is 1. The molecule has 0 aliphatic rings. The summed E-state index contributed by atoms with van der Waals surface area (Å²) in [5.74, 6) is -2.14. The summed E-state index contributed by atoms with van der Waals surface area (Å²) in [5.41, 5.74) is 2.94. The van der Waals surface area contributed by atoms with Gasteiger partial charge < -0.3 is 15.5 Å². The highest BCUT2D eigenvalue weighted by Gasteiger charge is 2.24. The molecule has 1 heterocycles. The van der Waals surface area contributed by atoms with E-state index >= 15 is 0 Å². The zero-order valence-electron chi connectivity index (χ0n) is 16.7. The summed E-state index contributed by atoms with van der Waals surface area (Å²) in [4.78, 5) is 36.7. The summed E-state index contributed by atoms with van der Waals surface area (Å²) >= 11 is 6.08. The topological polar surface area (TPSA) is 109 Å². The maximum absolute atomic E-state index is 13.2. The Bertz CT molecular complexity index is 1160. The van der Waals surface area contributed by atoms with Crippen molar-refractivity contribution < 1.29 is 24.6 Å². The van der Waals surface area contributed by atoms with Crippen LogP contribution >= 0.6 is 11.6 Å². The summed E-state index contributed by atoms with van der Waals surface area (Å²) in [6.45, 7) is 4.98. The van der Waals surface area contributed by atoms with Crippen molar-refractivity contribution in [1.29, 1.82) is 0 Å². The average Bonchev–Trinajstić information content (AvgIpc) is 2.93. The lowest BCUT2D eigenvalue weighted by atomic mass is 10.1. The minimum absolute atomic E-state index is 0.0773. The first-order chi connectivity index (χ1) is 14.1. The molecule has 0 saturated carbocycles. The van der Waals surface area contributed by atoms with Gasteiger partial charge in [0.05, 0.1) is 17.0 Å². The van der Waals surface area contributed by atoms with E-state index in [1.54, 1.807) is 19.1 Å². The molecule has 3 N–H and O–H groups in total. The van der Waals surface area contributed by atoms with Crippen LogP contribution in [0.1, 0.15) is 34.1 Å². The highest BCUT2D eigenvalue weighted by atomic mass is 35.5. The van der Waals surface area contributed by atoms with Gasteiger partial charge >= 0.3 is 5.97 Å². The number of amides is 1. The highest BCUT2D eigenvalue weighted by Crippen LogP contribution is 2.35. The van der Waals surface area contributed by atoms with Crippen LogP contribution in [0, 0.1) is 13.8 Å². The molecule has 1 amide bonds. The fourth-order valence-electron chi connectivity index (χ4n) is 3.31. The van der Waals surface area contributed by atoms with Gasteiger partial charge in [0.25, 0.3) is 5.91 Å². The number of carbonyl (C=O) groups excluding carboxylic acids is 2. The number of carboxylic acids is 1. The number of nitrogens with zero attached hydrogens (tertiary/aromatic N) is 1. The summed E-state index contributed by atoms with van der Waals surface area (Å²) < 4.78 is 1.45. The van der Waals surface area contributed by atoms with Crippen molar-refractivity contribution in [2.45, 2.75) is 33.2 Å². The molecule has 1 aromatic heterocycles. The number of aliphatic carboxylic acids is 1. The van der Waals surface area contributed by atoms with Gasteiger partial charge in [-0.1, -0.05) is 29.3 Å². The van der Waals surface area contributed by atoms with Crippen LogP contribution in [0.5, 0.6) is 5.75 Å². The first kappa shape index (κ1) is 21.4. The minimum atomic E-state index is -1.15. The zero-order chi connectivity index (χ0) is 22.2. The molecule has 3 rings (SSSR count). The molecule has 8 heteroatoms. The number of aromatic hydroxyl groups is 1. The lowest BCUT2D eigenvalue weighted by Gasteiger charge is -2.10. The van der Waals surface area contributed by atoms with E-state index in [1.807, 2.05) is 19.1 Å². The van der Waals surface area contributed by atoms with Crippen molar-refractivity contribution >= 4 is 40.3 Å². The number of fused-ring (bicyclic) bond motifs is 1. The van der Waals surface area contributed by atoms with E-state index in [9.17, 15) is 19.5 Å². The second-order valence-electron chi connectivity index (χ2n) is 7.20. The minimum Gasteiger partial charge on any atom is -0.506 e. The molecule has 0 radical (unpaired) electrons. The van der Waals surface area contributed by atoms with Crippen LogP contribution in [0.2, 0.25) is 5.02 Å². The molecule has 3 aromatic rings. The number of carboxylic acid groups (broad SMARTS) is 1. The molecule has 0 aliphatic heterocycles. The van der Waals surface area contributed by atoms with Gasteiger partial charge in [0, 0.05) is 16.6 Å².